The number of rotatable bonds is 8. The van der Waals surface area contributed by atoms with Crippen LogP contribution < -0.4 is 0 Å². The molecule has 9 aliphatic rings. The van der Waals surface area contributed by atoms with Gasteiger partial charge in [0.05, 0.1) is 56.3 Å². The molecule has 6 aliphatic carbocycles. The van der Waals surface area contributed by atoms with E-state index in [-0.39, 0.29) is 64.1 Å². The molecule has 2 spiro atoms. The minimum Gasteiger partial charge on any atom is -0.459 e. The molecular weight excluding hydrogens is 646 g/mol. The summed E-state index contributed by atoms with van der Waals surface area (Å²) >= 11 is 0. The van der Waals surface area contributed by atoms with Crippen LogP contribution in [0.5, 0.6) is 0 Å². The molecule has 3 saturated heterocycles. The van der Waals surface area contributed by atoms with Crippen molar-refractivity contribution in [1.82, 2.24) is 4.90 Å². The number of esters is 1. The predicted molar refractivity (Wildman–Crippen MR) is 190 cm³/mol. The lowest BCUT2D eigenvalue weighted by Gasteiger charge is -2.64. The first kappa shape index (κ1) is 35.9. The third-order valence-corrected chi connectivity index (χ3v) is 17.7. The summed E-state index contributed by atoms with van der Waals surface area (Å²) in [6, 6.07) is 0.504. The first-order valence-electron chi connectivity index (χ1n) is 20.9. The standard InChI is InChI=1S/C42H67NO8/c1-24-18-27(35(45)38(4,5)46)49-34-33(24)39(6)14-15-42-23-41(42)13-12-30(50-32-20-43(16-17-48-32)26-21-47-22-26)37(2,3)28(41)10-11-29(42)40(39,7)36(34)51-31(44)19-25-8-9-25/h24-30,32-36,45-46H,8-23H2,1-7H3/t24-,27?,28+,29?,30+,32+,33+,34?,35+,36+,39-,40-,41-,42+/m1/s1. The summed E-state index contributed by atoms with van der Waals surface area (Å²) in [5.74, 6) is 1.94. The van der Waals surface area contributed by atoms with E-state index in [9.17, 15) is 15.0 Å². The Morgan fingerprint density at radius 3 is 2.41 bits per heavy atom. The molecule has 9 rings (SSSR count). The van der Waals surface area contributed by atoms with Crippen LogP contribution >= 0.6 is 0 Å². The van der Waals surface area contributed by atoms with Gasteiger partial charge >= 0.3 is 5.97 Å². The maximum absolute atomic E-state index is 13.7. The SMILES string of the molecule is C[C@@H]1CC([C@H](O)C(C)(C)O)OC2[C@H]1[C@@]1(C)CC[C@@]34C[C@@]35CC[C@H](O[C@H]3CN(C6COC6)CCO3)C(C)(C)[C@@H]5CCC4[C@]1(C)[C@H]2OC(=O)CC1CC1. The molecule has 3 unspecified atom stereocenters. The monoisotopic (exact) mass is 713 g/mol. The average molecular weight is 714 g/mol. The van der Waals surface area contributed by atoms with Crippen LogP contribution in [0.2, 0.25) is 0 Å². The van der Waals surface area contributed by atoms with E-state index in [1.165, 1.54) is 25.7 Å². The number of aliphatic hydroxyl groups excluding tert-OH is 1. The quantitative estimate of drug-likeness (QED) is 0.306. The van der Waals surface area contributed by atoms with Crippen LogP contribution in [0.25, 0.3) is 0 Å². The largest absolute Gasteiger partial charge is 0.459 e. The molecule has 9 nitrogen and oxygen atoms in total. The number of ether oxygens (including phenoxy) is 5. The van der Waals surface area contributed by atoms with Crippen molar-refractivity contribution in [2.24, 2.45) is 56.7 Å². The molecule has 0 aromatic heterocycles. The second-order valence-electron chi connectivity index (χ2n) is 20.9. The Bertz CT molecular complexity index is 1370. The van der Waals surface area contributed by atoms with E-state index >= 15 is 0 Å². The molecule has 6 saturated carbocycles. The molecule has 0 radical (unpaired) electrons. The summed E-state index contributed by atoms with van der Waals surface area (Å²) in [7, 11) is 0. The van der Waals surface area contributed by atoms with Gasteiger partial charge in [-0.2, -0.15) is 0 Å². The van der Waals surface area contributed by atoms with Gasteiger partial charge in [0.15, 0.2) is 6.29 Å². The van der Waals surface area contributed by atoms with Crippen molar-refractivity contribution < 1.29 is 38.7 Å². The summed E-state index contributed by atoms with van der Waals surface area (Å²) in [4.78, 5) is 16.2. The molecule has 288 valence electrons. The summed E-state index contributed by atoms with van der Waals surface area (Å²) in [5.41, 5.74) is -0.977. The van der Waals surface area contributed by atoms with Gasteiger partial charge in [0.1, 0.15) is 12.2 Å². The van der Waals surface area contributed by atoms with Crippen LogP contribution in [-0.4, -0.2) is 102 Å². The summed E-state index contributed by atoms with van der Waals surface area (Å²) < 4.78 is 32.5. The third kappa shape index (κ3) is 5.13. The van der Waals surface area contributed by atoms with Gasteiger partial charge in [0, 0.05) is 18.4 Å². The molecule has 14 atom stereocenters. The van der Waals surface area contributed by atoms with E-state index < -0.39 is 17.8 Å². The van der Waals surface area contributed by atoms with Crippen LogP contribution in [0.1, 0.15) is 119 Å². The Kier molecular flexibility index (Phi) is 8.33. The maximum atomic E-state index is 13.7. The zero-order chi connectivity index (χ0) is 35.9. The van der Waals surface area contributed by atoms with Crippen LogP contribution in [0.3, 0.4) is 0 Å². The van der Waals surface area contributed by atoms with Crippen molar-refractivity contribution >= 4 is 5.97 Å². The highest BCUT2D eigenvalue weighted by atomic mass is 16.7. The van der Waals surface area contributed by atoms with Crippen LogP contribution in [0.4, 0.5) is 0 Å². The van der Waals surface area contributed by atoms with E-state index in [2.05, 4.69) is 39.5 Å². The van der Waals surface area contributed by atoms with E-state index in [0.717, 1.165) is 65.0 Å². The normalized spacial score (nSPS) is 51.2. The van der Waals surface area contributed by atoms with Gasteiger partial charge in [0.25, 0.3) is 0 Å². The van der Waals surface area contributed by atoms with Crippen LogP contribution in [0.15, 0.2) is 0 Å². The lowest BCUT2D eigenvalue weighted by atomic mass is 9.41. The second kappa shape index (κ2) is 11.8. The molecule has 0 aromatic rings. The fourth-order valence-corrected chi connectivity index (χ4v) is 14.8. The highest BCUT2D eigenvalue weighted by Gasteiger charge is 2.85. The minimum absolute atomic E-state index is 0.0392. The molecular formula is C42H67NO8. The lowest BCUT2D eigenvalue weighted by Crippen LogP contribution is -2.61. The Morgan fingerprint density at radius 2 is 1.73 bits per heavy atom. The summed E-state index contributed by atoms with van der Waals surface area (Å²) in [5, 5.41) is 22.2. The summed E-state index contributed by atoms with van der Waals surface area (Å²) in [6.45, 7) is 19.8. The van der Waals surface area contributed by atoms with E-state index in [1.807, 2.05) is 0 Å². The van der Waals surface area contributed by atoms with Crippen molar-refractivity contribution in [3.05, 3.63) is 0 Å². The molecule has 0 amide bonds. The zero-order valence-corrected chi connectivity index (χ0v) is 32.5. The number of hydrogen-bond acceptors (Lipinski definition) is 9. The Hall–Kier alpha value is -0.810. The number of nitrogens with zero attached hydrogens (tertiary/aromatic N) is 1. The minimum atomic E-state index is -1.28. The van der Waals surface area contributed by atoms with Gasteiger partial charge < -0.3 is 33.9 Å². The lowest BCUT2D eigenvalue weighted by molar-refractivity contribution is -0.256. The highest BCUT2D eigenvalue weighted by Crippen LogP contribution is 2.89. The van der Waals surface area contributed by atoms with Crippen molar-refractivity contribution in [2.45, 2.75) is 168 Å². The van der Waals surface area contributed by atoms with Gasteiger partial charge in [-0.25, -0.2) is 0 Å². The number of hydrogen-bond donors (Lipinski definition) is 2. The van der Waals surface area contributed by atoms with Crippen molar-refractivity contribution in [3.63, 3.8) is 0 Å². The molecule has 3 heterocycles. The van der Waals surface area contributed by atoms with Crippen molar-refractivity contribution in [3.8, 4) is 0 Å². The topological polar surface area (TPSA) is 107 Å². The Labute approximate surface area is 306 Å². The Morgan fingerprint density at radius 1 is 1.00 bits per heavy atom. The van der Waals surface area contributed by atoms with Crippen molar-refractivity contribution in [1.29, 1.82) is 0 Å². The van der Waals surface area contributed by atoms with Gasteiger partial charge in [0.2, 0.25) is 0 Å². The van der Waals surface area contributed by atoms with Gasteiger partial charge in [-0.3, -0.25) is 9.69 Å². The summed E-state index contributed by atoms with van der Waals surface area (Å²) in [6.07, 6.45) is 9.53. The van der Waals surface area contributed by atoms with Crippen LogP contribution in [0, 0.1) is 56.7 Å². The van der Waals surface area contributed by atoms with E-state index in [0.29, 0.717) is 42.1 Å². The third-order valence-electron chi connectivity index (χ3n) is 17.7. The number of aliphatic hydroxyl groups is 2. The molecule has 51 heavy (non-hydrogen) atoms. The predicted octanol–water partition coefficient (Wildman–Crippen LogP) is 5.72. The second-order valence-corrected chi connectivity index (χ2v) is 20.9. The first-order valence-corrected chi connectivity index (χ1v) is 20.9. The fourth-order valence-electron chi connectivity index (χ4n) is 14.8. The maximum Gasteiger partial charge on any atom is 0.306 e. The number of fused-ring (bicyclic) bond motifs is 4. The van der Waals surface area contributed by atoms with Crippen LogP contribution in [-0.2, 0) is 28.5 Å². The van der Waals surface area contributed by atoms with E-state index in [4.69, 9.17) is 23.7 Å². The molecule has 3 aliphatic heterocycles. The van der Waals surface area contributed by atoms with Crippen molar-refractivity contribution in [2.75, 3.05) is 32.9 Å². The number of carbonyl (C=O) groups is 1. The zero-order valence-electron chi connectivity index (χ0n) is 32.5. The smallest absolute Gasteiger partial charge is 0.306 e. The molecule has 0 bridgehead atoms. The van der Waals surface area contributed by atoms with Gasteiger partial charge in [-0.15, -0.1) is 0 Å². The number of morpholine rings is 1. The van der Waals surface area contributed by atoms with Gasteiger partial charge in [-0.05, 0) is 129 Å². The number of carbonyl (C=O) groups excluding carboxylic acids is 1. The van der Waals surface area contributed by atoms with Gasteiger partial charge in [-0.1, -0.05) is 34.6 Å². The molecule has 9 fully saturated rings. The Balaban J connectivity index is 1.00. The average Bonchev–Trinajstić information content (AvgIpc) is 3.95. The fraction of sp³-hybridized carbons (Fsp3) is 0.976. The first-order chi connectivity index (χ1) is 24.0. The molecule has 0 aromatic carbocycles. The van der Waals surface area contributed by atoms with E-state index in [1.54, 1.807) is 13.8 Å². The molecule has 9 heteroatoms. The molecule has 2 N–H and O–H groups in total. The highest BCUT2D eigenvalue weighted by molar-refractivity contribution is 5.70.